The number of sulfone groups is 1. The van der Waals surface area contributed by atoms with Gasteiger partial charge in [-0.15, -0.1) is 0 Å². The summed E-state index contributed by atoms with van der Waals surface area (Å²) in [5.41, 5.74) is 1.29. The van der Waals surface area contributed by atoms with E-state index in [1.807, 2.05) is 13.0 Å². The van der Waals surface area contributed by atoms with Crippen LogP contribution in [0.15, 0.2) is 36.4 Å². The van der Waals surface area contributed by atoms with Crippen molar-refractivity contribution in [3.05, 3.63) is 47.7 Å². The van der Waals surface area contributed by atoms with Crippen LogP contribution in [0.5, 0.6) is 0 Å². The largest absolute Gasteiger partial charge is 0.307 e. The van der Waals surface area contributed by atoms with Crippen molar-refractivity contribution in [1.82, 2.24) is 9.78 Å². The molecule has 1 amide bonds. The summed E-state index contributed by atoms with van der Waals surface area (Å²) in [4.78, 5) is 12.2. The lowest BCUT2D eigenvalue weighted by Crippen LogP contribution is -2.19. The Morgan fingerprint density at radius 2 is 2.05 bits per heavy atom. The molecule has 116 valence electrons. The minimum Gasteiger partial charge on any atom is -0.307 e. The van der Waals surface area contributed by atoms with Gasteiger partial charge in [0.15, 0.2) is 9.84 Å². The van der Waals surface area contributed by atoms with Gasteiger partial charge in [-0.1, -0.05) is 18.2 Å². The first-order valence-electron chi connectivity index (χ1n) is 7.07. The SMILES string of the molecule is Cc1cc(NC(=O)c2ccccc2)n(C2CCS(=O)(=O)C2)n1. The predicted molar refractivity (Wildman–Crippen MR) is 83.7 cm³/mol. The number of nitrogens with one attached hydrogen (secondary N) is 1. The zero-order valence-corrected chi connectivity index (χ0v) is 13.0. The smallest absolute Gasteiger partial charge is 0.256 e. The lowest BCUT2D eigenvalue weighted by molar-refractivity contribution is 0.102. The average molecular weight is 319 g/mol. The summed E-state index contributed by atoms with van der Waals surface area (Å²) in [6.45, 7) is 1.82. The number of carbonyl (C=O) groups excluding carboxylic acids is 1. The third kappa shape index (κ3) is 3.04. The first-order valence-corrected chi connectivity index (χ1v) is 8.90. The Morgan fingerprint density at radius 3 is 2.68 bits per heavy atom. The molecule has 1 unspecified atom stereocenters. The minimum absolute atomic E-state index is 0.0718. The molecular weight excluding hydrogens is 302 g/mol. The van der Waals surface area contributed by atoms with Gasteiger partial charge in [0.25, 0.3) is 5.91 Å². The summed E-state index contributed by atoms with van der Waals surface area (Å²) in [5.74, 6) is 0.543. The number of anilines is 1. The second-order valence-corrected chi connectivity index (χ2v) is 7.72. The number of nitrogens with zero attached hydrogens (tertiary/aromatic N) is 2. The molecule has 0 spiro atoms. The number of aromatic nitrogens is 2. The van der Waals surface area contributed by atoms with Crippen LogP contribution < -0.4 is 5.32 Å². The lowest BCUT2D eigenvalue weighted by Gasteiger charge is -2.13. The Morgan fingerprint density at radius 1 is 1.32 bits per heavy atom. The topological polar surface area (TPSA) is 81.1 Å². The van der Waals surface area contributed by atoms with E-state index in [-0.39, 0.29) is 23.5 Å². The molecule has 1 N–H and O–H groups in total. The summed E-state index contributed by atoms with van der Waals surface area (Å²) < 4.78 is 24.9. The molecular formula is C15H17N3O3S. The normalized spacial score (nSPS) is 20.0. The van der Waals surface area contributed by atoms with Gasteiger partial charge in [0, 0.05) is 11.6 Å². The van der Waals surface area contributed by atoms with Crippen molar-refractivity contribution in [2.24, 2.45) is 0 Å². The van der Waals surface area contributed by atoms with Crippen molar-refractivity contribution in [3.63, 3.8) is 0 Å². The van der Waals surface area contributed by atoms with E-state index in [0.29, 0.717) is 17.8 Å². The molecule has 0 bridgehead atoms. The van der Waals surface area contributed by atoms with Gasteiger partial charge in [-0.2, -0.15) is 5.10 Å². The van der Waals surface area contributed by atoms with Gasteiger partial charge < -0.3 is 5.32 Å². The number of rotatable bonds is 3. The fourth-order valence-electron chi connectivity index (χ4n) is 2.63. The summed E-state index contributed by atoms with van der Waals surface area (Å²) in [7, 11) is -3.01. The maximum Gasteiger partial charge on any atom is 0.256 e. The fraction of sp³-hybridized carbons (Fsp3) is 0.333. The Labute approximate surface area is 129 Å². The highest BCUT2D eigenvalue weighted by Crippen LogP contribution is 2.27. The summed E-state index contributed by atoms with van der Waals surface area (Å²) in [6, 6.07) is 10.4. The van der Waals surface area contributed by atoms with E-state index >= 15 is 0 Å². The molecule has 1 aliphatic rings. The van der Waals surface area contributed by atoms with Crippen LogP contribution in [-0.4, -0.2) is 35.6 Å². The number of benzene rings is 1. The van der Waals surface area contributed by atoms with Crippen LogP contribution in [0, 0.1) is 6.92 Å². The molecule has 1 atom stereocenters. The first-order chi connectivity index (χ1) is 10.4. The quantitative estimate of drug-likeness (QED) is 0.935. The van der Waals surface area contributed by atoms with Crippen LogP contribution in [0.2, 0.25) is 0 Å². The van der Waals surface area contributed by atoms with Gasteiger partial charge in [-0.05, 0) is 25.5 Å². The molecule has 0 saturated carbocycles. The summed E-state index contributed by atoms with van der Waals surface area (Å²) in [6.07, 6.45) is 0.525. The average Bonchev–Trinajstić information content (AvgIpc) is 3.02. The van der Waals surface area contributed by atoms with Crippen LogP contribution in [-0.2, 0) is 9.84 Å². The fourth-order valence-corrected chi connectivity index (χ4v) is 4.33. The van der Waals surface area contributed by atoms with Crippen LogP contribution in [0.3, 0.4) is 0 Å². The maximum atomic E-state index is 12.2. The second-order valence-electron chi connectivity index (χ2n) is 5.49. The third-order valence-corrected chi connectivity index (χ3v) is 5.44. The lowest BCUT2D eigenvalue weighted by atomic mass is 10.2. The first kappa shape index (κ1) is 14.8. The number of amides is 1. The zero-order chi connectivity index (χ0) is 15.7. The molecule has 1 aliphatic heterocycles. The molecule has 6 nitrogen and oxygen atoms in total. The highest BCUT2D eigenvalue weighted by atomic mass is 32.2. The van der Waals surface area contributed by atoms with Crippen molar-refractivity contribution < 1.29 is 13.2 Å². The molecule has 1 aromatic carbocycles. The highest BCUT2D eigenvalue weighted by Gasteiger charge is 2.31. The van der Waals surface area contributed by atoms with Gasteiger partial charge in [0.1, 0.15) is 5.82 Å². The molecule has 1 aromatic heterocycles. The van der Waals surface area contributed by atoms with Gasteiger partial charge in [-0.25, -0.2) is 13.1 Å². The van der Waals surface area contributed by atoms with E-state index in [9.17, 15) is 13.2 Å². The van der Waals surface area contributed by atoms with Crippen molar-refractivity contribution >= 4 is 21.6 Å². The van der Waals surface area contributed by atoms with Crippen molar-refractivity contribution in [2.75, 3.05) is 16.8 Å². The van der Waals surface area contributed by atoms with Crippen LogP contribution >= 0.6 is 0 Å². The highest BCUT2D eigenvalue weighted by molar-refractivity contribution is 7.91. The second kappa shape index (κ2) is 5.57. The van der Waals surface area contributed by atoms with E-state index in [4.69, 9.17) is 0 Å². The molecule has 3 rings (SSSR count). The molecule has 1 saturated heterocycles. The molecule has 0 radical (unpaired) electrons. The molecule has 22 heavy (non-hydrogen) atoms. The van der Waals surface area contributed by atoms with Crippen molar-refractivity contribution in [3.8, 4) is 0 Å². The van der Waals surface area contributed by atoms with E-state index in [0.717, 1.165) is 5.69 Å². The van der Waals surface area contributed by atoms with Crippen molar-refractivity contribution in [2.45, 2.75) is 19.4 Å². The van der Waals surface area contributed by atoms with E-state index in [1.165, 1.54) is 0 Å². The monoisotopic (exact) mass is 319 g/mol. The Balaban J connectivity index is 1.84. The van der Waals surface area contributed by atoms with Crippen LogP contribution in [0.1, 0.15) is 28.5 Å². The Hall–Kier alpha value is -2.15. The van der Waals surface area contributed by atoms with Gasteiger partial charge in [0.2, 0.25) is 0 Å². The Bertz CT molecular complexity index is 797. The maximum absolute atomic E-state index is 12.2. The third-order valence-electron chi connectivity index (χ3n) is 3.69. The Kier molecular flexibility index (Phi) is 3.74. The molecule has 2 heterocycles. The van der Waals surface area contributed by atoms with E-state index in [2.05, 4.69) is 10.4 Å². The number of aryl methyl sites for hydroxylation is 1. The summed E-state index contributed by atoms with van der Waals surface area (Å²) >= 11 is 0. The van der Waals surface area contributed by atoms with Gasteiger partial charge in [-0.3, -0.25) is 4.79 Å². The van der Waals surface area contributed by atoms with Crippen LogP contribution in [0.4, 0.5) is 5.82 Å². The zero-order valence-electron chi connectivity index (χ0n) is 12.2. The van der Waals surface area contributed by atoms with Gasteiger partial charge >= 0.3 is 0 Å². The van der Waals surface area contributed by atoms with E-state index < -0.39 is 9.84 Å². The van der Waals surface area contributed by atoms with Gasteiger partial charge in [0.05, 0.1) is 23.2 Å². The number of carbonyl (C=O) groups is 1. The van der Waals surface area contributed by atoms with Crippen LogP contribution in [0.25, 0.3) is 0 Å². The van der Waals surface area contributed by atoms with Crippen molar-refractivity contribution in [1.29, 1.82) is 0 Å². The molecule has 1 fully saturated rings. The predicted octanol–water partition coefficient (Wildman–Crippen LogP) is 1.80. The molecule has 7 heteroatoms. The summed E-state index contributed by atoms with van der Waals surface area (Å²) in [5, 5.41) is 7.16. The minimum atomic E-state index is -3.01. The molecule has 2 aromatic rings. The number of hydrogen-bond acceptors (Lipinski definition) is 4. The molecule has 0 aliphatic carbocycles. The number of hydrogen-bond donors (Lipinski definition) is 1. The van der Waals surface area contributed by atoms with E-state index in [1.54, 1.807) is 35.0 Å². The standard InChI is InChI=1S/C15H17N3O3S/c1-11-9-14(16-15(19)12-5-3-2-4-6-12)18(17-11)13-7-8-22(20,21)10-13/h2-6,9,13H,7-8,10H2,1H3,(H,16,19).